The molecule has 2 rings (SSSR count). The van der Waals surface area contributed by atoms with Crippen molar-refractivity contribution in [3.63, 3.8) is 0 Å². The molecule has 0 saturated carbocycles. The van der Waals surface area contributed by atoms with E-state index in [1.165, 1.54) is 23.9 Å². The van der Waals surface area contributed by atoms with Crippen molar-refractivity contribution in [2.24, 2.45) is 0 Å². The second kappa shape index (κ2) is 7.35. The van der Waals surface area contributed by atoms with Crippen LogP contribution in [0.15, 0.2) is 23.4 Å². The minimum absolute atomic E-state index is 0.308. The van der Waals surface area contributed by atoms with Crippen LogP contribution >= 0.6 is 11.8 Å². The van der Waals surface area contributed by atoms with Crippen LogP contribution in [0.3, 0.4) is 0 Å². The number of anilines is 1. The number of carbonyl (C=O) groups is 1. The van der Waals surface area contributed by atoms with Crippen LogP contribution in [0.5, 0.6) is 0 Å². The Morgan fingerprint density at radius 2 is 2.14 bits per heavy atom. The zero-order valence-corrected chi connectivity index (χ0v) is 13.6. The summed E-state index contributed by atoms with van der Waals surface area (Å²) >= 11 is 1.40. The summed E-state index contributed by atoms with van der Waals surface area (Å²) in [6.45, 7) is 4.55. The highest BCUT2D eigenvalue weighted by Crippen LogP contribution is 2.30. The molecule has 1 N–H and O–H groups in total. The van der Waals surface area contributed by atoms with Gasteiger partial charge in [0, 0.05) is 12.1 Å². The fraction of sp³-hybridized carbons (Fsp3) is 0.312. The van der Waals surface area contributed by atoms with Gasteiger partial charge in [-0.15, -0.1) is 0 Å². The van der Waals surface area contributed by atoms with Gasteiger partial charge in [0.2, 0.25) is 0 Å². The average molecular weight is 319 g/mol. The van der Waals surface area contributed by atoms with Crippen LogP contribution in [-0.2, 0) is 0 Å². The van der Waals surface area contributed by atoms with E-state index in [0.717, 1.165) is 23.8 Å². The predicted molar refractivity (Wildman–Crippen MR) is 88.1 cm³/mol. The van der Waals surface area contributed by atoms with Crippen LogP contribution in [0, 0.1) is 12.7 Å². The number of thioether (sulfide) groups is 1. The lowest BCUT2D eigenvalue weighted by Crippen LogP contribution is -2.09. The van der Waals surface area contributed by atoms with Crippen LogP contribution in [-0.4, -0.2) is 29.1 Å². The molecule has 116 valence electrons. The summed E-state index contributed by atoms with van der Waals surface area (Å²) < 4.78 is 13.3. The fourth-order valence-electron chi connectivity index (χ4n) is 2.13. The largest absolute Gasteiger partial charge is 0.369 e. The molecule has 2 aromatic rings. The Morgan fingerprint density at radius 3 is 2.73 bits per heavy atom. The van der Waals surface area contributed by atoms with Crippen molar-refractivity contribution in [3.05, 3.63) is 35.1 Å². The lowest BCUT2D eigenvalue weighted by atomic mass is 10.0. The van der Waals surface area contributed by atoms with Crippen molar-refractivity contribution < 1.29 is 9.18 Å². The molecule has 0 radical (unpaired) electrons. The first-order valence-electron chi connectivity index (χ1n) is 7.02. The molecule has 0 spiro atoms. The van der Waals surface area contributed by atoms with Crippen molar-refractivity contribution in [2.45, 2.75) is 25.4 Å². The van der Waals surface area contributed by atoms with Gasteiger partial charge in [0.05, 0.1) is 11.3 Å². The summed E-state index contributed by atoms with van der Waals surface area (Å²) in [7, 11) is 0. The number of aromatic nitrogens is 2. The number of carbonyl (C=O) groups excluding carboxylic acids is 1. The summed E-state index contributed by atoms with van der Waals surface area (Å²) in [5.74, 6) is 0.215. The molecule has 0 aliphatic carbocycles. The Bertz CT molecular complexity index is 691. The monoisotopic (exact) mass is 319 g/mol. The highest BCUT2D eigenvalue weighted by Gasteiger charge is 2.17. The van der Waals surface area contributed by atoms with Gasteiger partial charge < -0.3 is 5.32 Å². The van der Waals surface area contributed by atoms with Gasteiger partial charge in [-0.05, 0) is 43.4 Å². The van der Waals surface area contributed by atoms with Crippen LogP contribution in [0.25, 0.3) is 11.3 Å². The zero-order chi connectivity index (χ0) is 16.1. The number of rotatable bonds is 6. The van der Waals surface area contributed by atoms with Crippen molar-refractivity contribution in [1.29, 1.82) is 0 Å². The van der Waals surface area contributed by atoms with Gasteiger partial charge in [0.15, 0.2) is 11.4 Å². The maximum atomic E-state index is 13.3. The smallest absolute Gasteiger partial charge is 0.189 e. The van der Waals surface area contributed by atoms with Crippen molar-refractivity contribution in [2.75, 3.05) is 18.1 Å². The normalized spacial score (nSPS) is 10.5. The van der Waals surface area contributed by atoms with E-state index in [2.05, 4.69) is 15.3 Å². The van der Waals surface area contributed by atoms with Crippen LogP contribution in [0.4, 0.5) is 10.2 Å². The zero-order valence-electron chi connectivity index (χ0n) is 12.8. The Balaban J connectivity index is 2.64. The summed E-state index contributed by atoms with van der Waals surface area (Å²) in [5.41, 5.74) is 2.41. The molecule has 1 aromatic heterocycles. The summed E-state index contributed by atoms with van der Waals surface area (Å²) in [5, 5.41) is 3.73. The number of aryl methyl sites for hydroxylation is 1. The number of halogens is 1. The Kier molecular flexibility index (Phi) is 5.49. The molecule has 0 atom stereocenters. The van der Waals surface area contributed by atoms with Gasteiger partial charge in [-0.1, -0.05) is 18.7 Å². The molecule has 0 saturated heterocycles. The summed E-state index contributed by atoms with van der Waals surface area (Å²) in [4.78, 5) is 20.4. The number of benzene rings is 1. The SMILES string of the molecule is CCCNc1nc(SC)nc(-c2ccc(F)cc2C)c1C=O. The van der Waals surface area contributed by atoms with Gasteiger partial charge in [-0.25, -0.2) is 14.4 Å². The number of aldehydes is 1. The Labute approximate surface area is 133 Å². The molecular formula is C16H18FN3OS. The first-order chi connectivity index (χ1) is 10.6. The van der Waals surface area contributed by atoms with Crippen molar-refractivity contribution >= 4 is 23.9 Å². The second-order valence-corrected chi connectivity index (χ2v) is 5.60. The molecule has 4 nitrogen and oxygen atoms in total. The lowest BCUT2D eigenvalue weighted by Gasteiger charge is -2.13. The fourth-order valence-corrected chi connectivity index (χ4v) is 2.49. The maximum Gasteiger partial charge on any atom is 0.189 e. The van der Waals surface area contributed by atoms with Gasteiger partial charge in [-0.3, -0.25) is 4.79 Å². The maximum absolute atomic E-state index is 13.3. The van der Waals surface area contributed by atoms with Crippen molar-refractivity contribution in [1.82, 2.24) is 9.97 Å². The number of nitrogens with zero attached hydrogens (tertiary/aromatic N) is 2. The van der Waals surface area contributed by atoms with E-state index in [1.807, 2.05) is 13.2 Å². The van der Waals surface area contributed by atoms with Crippen molar-refractivity contribution in [3.8, 4) is 11.3 Å². The van der Waals surface area contributed by atoms with Gasteiger partial charge in [0.25, 0.3) is 0 Å². The molecule has 0 fully saturated rings. The first kappa shape index (κ1) is 16.4. The summed E-state index contributed by atoms with van der Waals surface area (Å²) in [6.07, 6.45) is 3.54. The van der Waals surface area contributed by atoms with E-state index in [9.17, 15) is 9.18 Å². The topological polar surface area (TPSA) is 54.9 Å². The summed E-state index contributed by atoms with van der Waals surface area (Å²) in [6, 6.07) is 4.45. The predicted octanol–water partition coefficient (Wildman–Crippen LogP) is 3.95. The third kappa shape index (κ3) is 3.44. The van der Waals surface area contributed by atoms with Crippen LogP contribution < -0.4 is 5.32 Å². The highest BCUT2D eigenvalue weighted by molar-refractivity contribution is 7.98. The van der Waals surface area contributed by atoms with E-state index in [4.69, 9.17) is 0 Å². The van der Waals surface area contributed by atoms with E-state index >= 15 is 0 Å². The molecule has 6 heteroatoms. The lowest BCUT2D eigenvalue weighted by molar-refractivity contribution is 0.112. The Hall–Kier alpha value is -1.95. The third-order valence-corrected chi connectivity index (χ3v) is 3.76. The van der Waals surface area contributed by atoms with E-state index in [1.54, 1.807) is 13.0 Å². The third-order valence-electron chi connectivity index (χ3n) is 3.21. The van der Waals surface area contributed by atoms with E-state index in [0.29, 0.717) is 28.8 Å². The van der Waals surface area contributed by atoms with E-state index in [-0.39, 0.29) is 5.82 Å². The Morgan fingerprint density at radius 1 is 1.36 bits per heavy atom. The molecule has 0 amide bonds. The molecule has 0 bridgehead atoms. The number of nitrogens with one attached hydrogen (secondary N) is 1. The van der Waals surface area contributed by atoms with Gasteiger partial charge >= 0.3 is 0 Å². The number of hydrogen-bond acceptors (Lipinski definition) is 5. The minimum Gasteiger partial charge on any atom is -0.369 e. The average Bonchev–Trinajstić information content (AvgIpc) is 2.52. The quantitative estimate of drug-likeness (QED) is 0.496. The molecule has 0 unspecified atom stereocenters. The van der Waals surface area contributed by atoms with E-state index < -0.39 is 0 Å². The van der Waals surface area contributed by atoms with Gasteiger partial charge in [0.1, 0.15) is 11.6 Å². The molecule has 1 heterocycles. The molecule has 0 aliphatic rings. The molecular weight excluding hydrogens is 301 g/mol. The molecule has 0 aliphatic heterocycles. The first-order valence-corrected chi connectivity index (χ1v) is 8.24. The molecule has 22 heavy (non-hydrogen) atoms. The highest BCUT2D eigenvalue weighted by atomic mass is 32.2. The minimum atomic E-state index is -0.308. The molecule has 1 aromatic carbocycles. The van der Waals surface area contributed by atoms with Gasteiger partial charge in [-0.2, -0.15) is 0 Å². The number of hydrogen-bond donors (Lipinski definition) is 1. The van der Waals surface area contributed by atoms with Crippen LogP contribution in [0.2, 0.25) is 0 Å². The standard InChI is InChI=1S/C16H18FN3OS/c1-4-7-18-15-13(9-21)14(19-16(20-15)22-3)12-6-5-11(17)8-10(12)2/h5-6,8-9H,4,7H2,1-3H3,(H,18,19,20). The van der Waals surface area contributed by atoms with Crippen LogP contribution in [0.1, 0.15) is 29.3 Å². The second-order valence-electron chi connectivity index (χ2n) is 4.83.